The number of anilines is 4. The number of aryl methyl sites for hydroxylation is 1. The topological polar surface area (TPSA) is 90.8 Å². The van der Waals surface area contributed by atoms with Crippen molar-refractivity contribution in [3.8, 4) is 0 Å². The van der Waals surface area contributed by atoms with E-state index in [4.69, 9.17) is 0 Å². The summed E-state index contributed by atoms with van der Waals surface area (Å²) >= 11 is 0. The van der Waals surface area contributed by atoms with Crippen LogP contribution in [0.3, 0.4) is 0 Å². The smallest absolute Gasteiger partial charge is 0.293 e. The van der Waals surface area contributed by atoms with Crippen molar-refractivity contribution in [3.05, 3.63) is 88.0 Å². The van der Waals surface area contributed by atoms with E-state index in [1.54, 1.807) is 12.1 Å². The first-order chi connectivity index (χ1) is 15.9. The summed E-state index contributed by atoms with van der Waals surface area (Å²) in [5, 5.41) is 17.6. The van der Waals surface area contributed by atoms with Gasteiger partial charge in [-0.05, 0) is 62.0 Å². The highest BCUT2D eigenvalue weighted by molar-refractivity contribution is 6.05. The molecule has 0 aliphatic carbocycles. The van der Waals surface area contributed by atoms with E-state index in [0.717, 1.165) is 43.1 Å². The predicted octanol–water partition coefficient (Wildman–Crippen LogP) is 4.65. The van der Waals surface area contributed by atoms with Gasteiger partial charge in [0.25, 0.3) is 11.6 Å². The second kappa shape index (κ2) is 9.70. The SMILES string of the molecule is Cc1cc(N2CCN(C)CC2)ccc1NC(=O)c1ccc(Nc2ccccc2)c([N+](=O)[O-])c1. The summed E-state index contributed by atoms with van der Waals surface area (Å²) in [6.45, 7) is 5.92. The lowest BCUT2D eigenvalue weighted by atomic mass is 10.1. The van der Waals surface area contributed by atoms with E-state index in [0.29, 0.717) is 11.4 Å². The lowest BCUT2D eigenvalue weighted by Crippen LogP contribution is -2.44. The third-order valence-corrected chi connectivity index (χ3v) is 5.84. The van der Waals surface area contributed by atoms with E-state index in [9.17, 15) is 14.9 Å². The monoisotopic (exact) mass is 445 g/mol. The number of benzene rings is 3. The zero-order valence-electron chi connectivity index (χ0n) is 18.7. The second-order valence-electron chi connectivity index (χ2n) is 8.22. The summed E-state index contributed by atoms with van der Waals surface area (Å²) in [7, 11) is 2.12. The number of amides is 1. The van der Waals surface area contributed by atoms with Crippen LogP contribution in [0.25, 0.3) is 0 Å². The maximum absolute atomic E-state index is 12.9. The van der Waals surface area contributed by atoms with E-state index < -0.39 is 4.92 Å². The molecular formula is C25H27N5O3. The zero-order chi connectivity index (χ0) is 23.4. The highest BCUT2D eigenvalue weighted by Crippen LogP contribution is 2.30. The molecule has 0 saturated carbocycles. The molecule has 3 aromatic carbocycles. The molecule has 170 valence electrons. The molecule has 1 aliphatic heterocycles. The second-order valence-corrected chi connectivity index (χ2v) is 8.22. The average molecular weight is 446 g/mol. The molecule has 0 spiro atoms. The Bertz CT molecular complexity index is 1160. The maximum Gasteiger partial charge on any atom is 0.293 e. The van der Waals surface area contributed by atoms with Crippen LogP contribution >= 0.6 is 0 Å². The van der Waals surface area contributed by atoms with Gasteiger partial charge < -0.3 is 20.4 Å². The quantitative estimate of drug-likeness (QED) is 0.424. The molecule has 1 heterocycles. The van der Waals surface area contributed by atoms with Crippen molar-refractivity contribution in [1.82, 2.24) is 4.90 Å². The zero-order valence-corrected chi connectivity index (χ0v) is 18.7. The van der Waals surface area contributed by atoms with Crippen LogP contribution in [-0.4, -0.2) is 49.0 Å². The number of likely N-dealkylation sites (N-methyl/N-ethyl adjacent to an activating group) is 1. The number of nitrogens with zero attached hydrogens (tertiary/aromatic N) is 3. The molecule has 1 fully saturated rings. The van der Waals surface area contributed by atoms with Gasteiger partial charge >= 0.3 is 0 Å². The van der Waals surface area contributed by atoms with Crippen LogP contribution in [-0.2, 0) is 0 Å². The number of piperazine rings is 1. The van der Waals surface area contributed by atoms with Crippen molar-refractivity contribution in [3.63, 3.8) is 0 Å². The first-order valence-corrected chi connectivity index (χ1v) is 10.9. The van der Waals surface area contributed by atoms with Crippen LogP contribution in [0.5, 0.6) is 0 Å². The summed E-state index contributed by atoms with van der Waals surface area (Å²) in [5.74, 6) is -0.389. The predicted molar refractivity (Wildman–Crippen MR) is 132 cm³/mol. The van der Waals surface area contributed by atoms with Crippen LogP contribution in [0.15, 0.2) is 66.7 Å². The minimum Gasteiger partial charge on any atom is -0.369 e. The van der Waals surface area contributed by atoms with E-state index in [2.05, 4.69) is 33.5 Å². The van der Waals surface area contributed by atoms with Crippen molar-refractivity contribution in [2.24, 2.45) is 0 Å². The Labute approximate surface area is 193 Å². The maximum atomic E-state index is 12.9. The molecule has 8 nitrogen and oxygen atoms in total. The Morgan fingerprint density at radius 1 is 0.939 bits per heavy atom. The minimum absolute atomic E-state index is 0.159. The van der Waals surface area contributed by atoms with Crippen molar-refractivity contribution < 1.29 is 9.72 Å². The van der Waals surface area contributed by atoms with Gasteiger partial charge in [0.15, 0.2) is 0 Å². The lowest BCUT2D eigenvalue weighted by Gasteiger charge is -2.34. The summed E-state index contributed by atoms with van der Waals surface area (Å²) in [6.07, 6.45) is 0. The molecule has 1 saturated heterocycles. The number of hydrogen-bond acceptors (Lipinski definition) is 6. The molecule has 3 aromatic rings. The van der Waals surface area contributed by atoms with E-state index >= 15 is 0 Å². The van der Waals surface area contributed by atoms with Gasteiger partial charge in [-0.2, -0.15) is 0 Å². The van der Waals surface area contributed by atoms with Gasteiger partial charge in [-0.1, -0.05) is 18.2 Å². The Balaban J connectivity index is 1.50. The average Bonchev–Trinajstić information content (AvgIpc) is 2.81. The molecule has 0 unspecified atom stereocenters. The fraction of sp³-hybridized carbons (Fsp3) is 0.240. The van der Waals surface area contributed by atoms with Gasteiger partial charge in [0.2, 0.25) is 0 Å². The van der Waals surface area contributed by atoms with Crippen LogP contribution in [0.4, 0.5) is 28.4 Å². The standard InChI is InChI=1S/C25H27N5O3/c1-18-16-21(29-14-12-28(2)13-15-29)9-11-22(18)27-25(31)19-8-10-23(24(17-19)30(32)33)26-20-6-4-3-5-7-20/h3-11,16-17,26H,12-15H2,1-2H3,(H,27,31). The number of carbonyl (C=O) groups is 1. The Hall–Kier alpha value is -3.91. The van der Waals surface area contributed by atoms with E-state index in [1.807, 2.05) is 49.4 Å². The molecule has 0 radical (unpaired) electrons. The Morgan fingerprint density at radius 3 is 2.30 bits per heavy atom. The summed E-state index contributed by atoms with van der Waals surface area (Å²) < 4.78 is 0. The number of hydrogen-bond donors (Lipinski definition) is 2. The van der Waals surface area contributed by atoms with E-state index in [1.165, 1.54) is 6.07 Å². The van der Waals surface area contributed by atoms with Gasteiger partial charge in [0.1, 0.15) is 5.69 Å². The molecule has 0 aromatic heterocycles. The van der Waals surface area contributed by atoms with Crippen molar-refractivity contribution in [2.75, 3.05) is 48.8 Å². The van der Waals surface area contributed by atoms with E-state index in [-0.39, 0.29) is 17.2 Å². The summed E-state index contributed by atoms with van der Waals surface area (Å²) in [4.78, 5) is 28.6. The normalized spacial score (nSPS) is 14.1. The summed E-state index contributed by atoms with van der Waals surface area (Å²) in [5.41, 5.74) is 3.88. The molecule has 1 amide bonds. The number of rotatable bonds is 6. The molecule has 33 heavy (non-hydrogen) atoms. The number of para-hydroxylation sites is 1. The fourth-order valence-electron chi connectivity index (χ4n) is 3.85. The largest absolute Gasteiger partial charge is 0.369 e. The lowest BCUT2D eigenvalue weighted by molar-refractivity contribution is -0.383. The molecule has 0 atom stereocenters. The third-order valence-electron chi connectivity index (χ3n) is 5.84. The number of nitro benzene ring substituents is 1. The third kappa shape index (κ3) is 5.30. The molecule has 4 rings (SSSR count). The molecule has 1 aliphatic rings. The minimum atomic E-state index is -0.488. The Kier molecular flexibility index (Phi) is 6.55. The van der Waals surface area contributed by atoms with Gasteiger partial charge in [-0.15, -0.1) is 0 Å². The van der Waals surface area contributed by atoms with Crippen molar-refractivity contribution in [2.45, 2.75) is 6.92 Å². The molecule has 8 heteroatoms. The van der Waals surface area contributed by atoms with Gasteiger partial charge in [0, 0.05) is 54.9 Å². The van der Waals surface area contributed by atoms with Gasteiger partial charge in [0.05, 0.1) is 4.92 Å². The molecular weight excluding hydrogens is 418 g/mol. The van der Waals surface area contributed by atoms with Crippen molar-refractivity contribution >= 4 is 34.3 Å². The van der Waals surface area contributed by atoms with Crippen molar-refractivity contribution in [1.29, 1.82) is 0 Å². The first kappa shape index (κ1) is 22.3. The summed E-state index contributed by atoms with van der Waals surface area (Å²) in [6, 6.07) is 19.6. The number of nitro groups is 1. The first-order valence-electron chi connectivity index (χ1n) is 10.9. The van der Waals surface area contributed by atoms with Crippen LogP contribution in [0.1, 0.15) is 15.9 Å². The molecule has 2 N–H and O–H groups in total. The van der Waals surface area contributed by atoms with Gasteiger partial charge in [-0.3, -0.25) is 14.9 Å². The van der Waals surface area contributed by atoms with Crippen LogP contribution in [0, 0.1) is 17.0 Å². The van der Waals surface area contributed by atoms with Crippen LogP contribution < -0.4 is 15.5 Å². The molecule has 0 bridgehead atoms. The highest BCUT2D eigenvalue weighted by Gasteiger charge is 2.19. The number of carbonyl (C=O) groups excluding carboxylic acids is 1. The highest BCUT2D eigenvalue weighted by atomic mass is 16.6. The fourth-order valence-corrected chi connectivity index (χ4v) is 3.85. The Morgan fingerprint density at radius 2 is 1.64 bits per heavy atom. The number of nitrogens with one attached hydrogen (secondary N) is 2. The van der Waals surface area contributed by atoms with Gasteiger partial charge in [-0.25, -0.2) is 0 Å². The van der Waals surface area contributed by atoms with Crippen LogP contribution in [0.2, 0.25) is 0 Å².